The number of alkyl halides is 4. The Kier molecular flexibility index (Phi) is 4.90. The second-order valence-electron chi connectivity index (χ2n) is 6.09. The molecule has 144 valence electrons. The molecule has 27 heavy (non-hydrogen) atoms. The molecule has 0 aliphatic carbocycles. The van der Waals surface area contributed by atoms with Crippen molar-refractivity contribution in [2.45, 2.75) is 31.2 Å². The Labute approximate surface area is 152 Å². The first-order valence-corrected chi connectivity index (χ1v) is 7.93. The number of aromatic nitrogens is 2. The van der Waals surface area contributed by atoms with Gasteiger partial charge in [-0.1, -0.05) is 6.07 Å². The molecule has 0 amide bonds. The first-order valence-electron chi connectivity index (χ1n) is 7.93. The Morgan fingerprint density at radius 3 is 2.74 bits per heavy atom. The summed E-state index contributed by atoms with van der Waals surface area (Å²) >= 11 is 0. The number of aliphatic imine (C=N–C) groups is 1. The van der Waals surface area contributed by atoms with Crippen LogP contribution in [0.5, 0.6) is 11.6 Å². The highest BCUT2D eigenvalue weighted by molar-refractivity contribution is 5.73. The number of aryl methyl sites for hydroxylation is 1. The van der Waals surface area contributed by atoms with E-state index in [0.29, 0.717) is 5.56 Å². The van der Waals surface area contributed by atoms with Gasteiger partial charge in [0.15, 0.2) is 6.10 Å². The lowest BCUT2D eigenvalue weighted by Crippen LogP contribution is -2.48. The van der Waals surface area contributed by atoms with Gasteiger partial charge in [0.1, 0.15) is 18.0 Å². The summed E-state index contributed by atoms with van der Waals surface area (Å²) in [4.78, 5) is 11.7. The van der Waals surface area contributed by atoms with Crippen molar-refractivity contribution in [3.8, 4) is 11.6 Å². The van der Waals surface area contributed by atoms with Crippen molar-refractivity contribution in [2.24, 2.45) is 10.7 Å². The topological polar surface area (TPSA) is 82.6 Å². The maximum Gasteiger partial charge on any atom is 0.425 e. The van der Waals surface area contributed by atoms with Crippen LogP contribution in [0.1, 0.15) is 17.5 Å². The number of halogens is 4. The van der Waals surface area contributed by atoms with Crippen LogP contribution in [0.15, 0.2) is 41.8 Å². The van der Waals surface area contributed by atoms with E-state index in [2.05, 4.69) is 19.7 Å². The summed E-state index contributed by atoms with van der Waals surface area (Å²) in [6.45, 7) is 0.460. The zero-order chi connectivity index (χ0) is 19.7. The van der Waals surface area contributed by atoms with Crippen molar-refractivity contribution in [3.05, 3.63) is 47.9 Å². The number of hydrogen-bond donors (Lipinski definition) is 1. The zero-order valence-electron chi connectivity index (χ0n) is 14.2. The Hall–Kier alpha value is -2.91. The second kappa shape index (κ2) is 7.01. The van der Waals surface area contributed by atoms with Gasteiger partial charge in [0.25, 0.3) is 6.02 Å². The van der Waals surface area contributed by atoms with Crippen molar-refractivity contribution in [2.75, 3.05) is 6.67 Å². The number of amidine groups is 1. The van der Waals surface area contributed by atoms with Crippen LogP contribution in [0, 0.1) is 6.92 Å². The average Bonchev–Trinajstić information content (AvgIpc) is 2.63. The molecule has 2 atom stereocenters. The van der Waals surface area contributed by atoms with E-state index >= 15 is 0 Å². The average molecular weight is 384 g/mol. The first kappa shape index (κ1) is 18.9. The molecule has 10 heteroatoms. The lowest BCUT2D eigenvalue weighted by Gasteiger charge is -2.37. The van der Waals surface area contributed by atoms with Gasteiger partial charge < -0.3 is 15.2 Å². The summed E-state index contributed by atoms with van der Waals surface area (Å²) in [6.07, 6.45) is -3.44. The number of benzene rings is 1. The smallest absolute Gasteiger partial charge is 0.425 e. The van der Waals surface area contributed by atoms with Gasteiger partial charge in [-0.3, -0.25) is 4.98 Å². The van der Waals surface area contributed by atoms with E-state index in [4.69, 9.17) is 10.5 Å². The SMILES string of the molecule is Cc1ccc(Oc2cnccn2)cc1[C@]1(CF)C[C@@H](C(F)(F)F)OC(N)=N1. The fourth-order valence-electron chi connectivity index (χ4n) is 2.91. The molecule has 2 aromatic rings. The van der Waals surface area contributed by atoms with Crippen LogP contribution >= 0.6 is 0 Å². The summed E-state index contributed by atoms with van der Waals surface area (Å²) in [5.74, 6) is 0.442. The molecular weight excluding hydrogens is 368 g/mol. The van der Waals surface area contributed by atoms with Gasteiger partial charge in [0.05, 0.1) is 6.20 Å². The molecule has 0 spiro atoms. The Morgan fingerprint density at radius 1 is 1.33 bits per heavy atom. The third-order valence-electron chi connectivity index (χ3n) is 4.17. The van der Waals surface area contributed by atoms with Crippen molar-refractivity contribution < 1.29 is 27.0 Å². The molecule has 0 radical (unpaired) electrons. The molecular formula is C17H16F4N4O2. The highest BCUT2D eigenvalue weighted by atomic mass is 19.4. The van der Waals surface area contributed by atoms with Gasteiger partial charge in [-0.15, -0.1) is 0 Å². The highest BCUT2D eigenvalue weighted by Crippen LogP contribution is 2.42. The first-order chi connectivity index (χ1) is 12.7. The quantitative estimate of drug-likeness (QED) is 0.817. The van der Waals surface area contributed by atoms with Gasteiger partial charge >= 0.3 is 6.18 Å². The predicted molar refractivity (Wildman–Crippen MR) is 88.1 cm³/mol. The fourth-order valence-corrected chi connectivity index (χ4v) is 2.91. The Balaban J connectivity index is 2.02. The number of nitrogens with zero attached hydrogens (tertiary/aromatic N) is 3. The van der Waals surface area contributed by atoms with Crippen LogP contribution in [0.2, 0.25) is 0 Å². The van der Waals surface area contributed by atoms with E-state index < -0.39 is 36.9 Å². The fraction of sp³-hybridized carbons (Fsp3) is 0.353. The molecule has 1 aromatic carbocycles. The predicted octanol–water partition coefficient (Wildman–Crippen LogP) is 3.41. The molecule has 1 aliphatic heterocycles. The maximum absolute atomic E-state index is 14.0. The minimum atomic E-state index is -4.71. The Bertz CT molecular complexity index is 845. The minimum absolute atomic E-state index is 0.185. The van der Waals surface area contributed by atoms with Gasteiger partial charge in [-0.25, -0.2) is 14.4 Å². The number of rotatable bonds is 4. The van der Waals surface area contributed by atoms with Crippen molar-refractivity contribution >= 4 is 6.02 Å². The summed E-state index contributed by atoms with van der Waals surface area (Å²) < 4.78 is 63.7. The van der Waals surface area contributed by atoms with Crippen LogP contribution in [-0.2, 0) is 10.3 Å². The second-order valence-corrected chi connectivity index (χ2v) is 6.09. The molecule has 0 fully saturated rings. The molecule has 0 unspecified atom stereocenters. The van der Waals surface area contributed by atoms with E-state index in [1.165, 1.54) is 24.7 Å². The summed E-state index contributed by atoms with van der Waals surface area (Å²) in [6, 6.07) is 3.91. The normalized spacial score (nSPS) is 22.7. The van der Waals surface area contributed by atoms with E-state index in [1.807, 2.05) is 0 Å². The molecule has 2 N–H and O–H groups in total. The lowest BCUT2D eigenvalue weighted by molar-refractivity contribution is -0.209. The van der Waals surface area contributed by atoms with Crippen molar-refractivity contribution in [3.63, 3.8) is 0 Å². The van der Waals surface area contributed by atoms with Gasteiger partial charge in [-0.05, 0) is 30.2 Å². The van der Waals surface area contributed by atoms with E-state index in [1.54, 1.807) is 19.1 Å². The van der Waals surface area contributed by atoms with Gasteiger partial charge in [0, 0.05) is 18.8 Å². The van der Waals surface area contributed by atoms with Gasteiger partial charge in [-0.2, -0.15) is 13.2 Å². The molecule has 0 saturated carbocycles. The molecule has 0 bridgehead atoms. The number of hydrogen-bond acceptors (Lipinski definition) is 6. The lowest BCUT2D eigenvalue weighted by atomic mass is 9.82. The monoisotopic (exact) mass is 384 g/mol. The maximum atomic E-state index is 14.0. The molecule has 1 aromatic heterocycles. The minimum Gasteiger partial charge on any atom is -0.452 e. The zero-order valence-corrected chi connectivity index (χ0v) is 14.2. The summed E-state index contributed by atoms with van der Waals surface area (Å²) in [5.41, 5.74) is 4.38. The standard InChI is InChI=1S/C17H16F4N4O2/c1-10-2-3-11(26-14-8-23-4-5-24-14)6-12(10)16(9-18)7-13(17(19,20)21)27-15(22)25-16/h2-6,8,13H,7,9H2,1H3,(H2,22,25)/t13-,16+/m0/s1. The molecule has 6 nitrogen and oxygen atoms in total. The number of nitrogens with two attached hydrogens (primary N) is 1. The van der Waals surface area contributed by atoms with Crippen LogP contribution in [0.25, 0.3) is 0 Å². The third-order valence-corrected chi connectivity index (χ3v) is 4.17. The van der Waals surface area contributed by atoms with Crippen molar-refractivity contribution in [1.82, 2.24) is 9.97 Å². The van der Waals surface area contributed by atoms with E-state index in [9.17, 15) is 17.6 Å². The van der Waals surface area contributed by atoms with Crippen LogP contribution in [-0.4, -0.2) is 34.9 Å². The molecule has 1 aliphatic rings. The van der Waals surface area contributed by atoms with E-state index in [-0.39, 0.29) is 17.2 Å². The summed E-state index contributed by atoms with van der Waals surface area (Å²) in [7, 11) is 0. The molecule has 2 heterocycles. The van der Waals surface area contributed by atoms with Crippen LogP contribution < -0.4 is 10.5 Å². The largest absolute Gasteiger partial charge is 0.452 e. The van der Waals surface area contributed by atoms with Crippen molar-refractivity contribution in [1.29, 1.82) is 0 Å². The van der Waals surface area contributed by atoms with Crippen LogP contribution in [0.3, 0.4) is 0 Å². The van der Waals surface area contributed by atoms with Crippen LogP contribution in [0.4, 0.5) is 17.6 Å². The molecule has 3 rings (SSSR count). The third kappa shape index (κ3) is 3.93. The van der Waals surface area contributed by atoms with E-state index in [0.717, 1.165) is 0 Å². The van der Waals surface area contributed by atoms with Gasteiger partial charge in [0.2, 0.25) is 5.88 Å². The number of ether oxygens (including phenoxy) is 2. The Morgan fingerprint density at radius 2 is 2.11 bits per heavy atom. The summed E-state index contributed by atoms with van der Waals surface area (Å²) in [5, 5.41) is 0. The highest BCUT2D eigenvalue weighted by Gasteiger charge is 2.51. The molecule has 0 saturated heterocycles.